The first-order valence-electron chi connectivity index (χ1n) is 3.84. The van der Waals surface area contributed by atoms with Gasteiger partial charge in [-0.3, -0.25) is 9.59 Å². The lowest BCUT2D eigenvalue weighted by atomic mass is 10.1. The van der Waals surface area contributed by atoms with E-state index in [1.54, 1.807) is 18.2 Å². The van der Waals surface area contributed by atoms with Crippen LogP contribution in [-0.2, 0) is 14.3 Å². The van der Waals surface area contributed by atoms with Gasteiger partial charge >= 0.3 is 0 Å². The van der Waals surface area contributed by atoms with Gasteiger partial charge in [-0.1, -0.05) is 6.08 Å². The largest absolute Gasteiger partial charge is 0.464 e. The monoisotopic (exact) mass is 177 g/mol. The molecule has 66 valence electrons. The van der Waals surface area contributed by atoms with Crippen molar-refractivity contribution >= 4 is 11.7 Å². The maximum atomic E-state index is 11.2. The topological polar surface area (TPSA) is 55.4 Å². The van der Waals surface area contributed by atoms with Crippen LogP contribution in [-0.4, -0.2) is 18.2 Å². The summed E-state index contributed by atoms with van der Waals surface area (Å²) in [5, 5.41) is 2.43. The fourth-order valence-corrected chi connectivity index (χ4v) is 1.20. The van der Waals surface area contributed by atoms with E-state index < -0.39 is 0 Å². The van der Waals surface area contributed by atoms with E-state index in [9.17, 15) is 9.59 Å². The number of carbonyl (C=O) groups excluding carboxylic acids is 2. The zero-order chi connectivity index (χ0) is 9.26. The molecule has 0 atom stereocenters. The van der Waals surface area contributed by atoms with Crippen LogP contribution in [0, 0.1) is 0 Å². The number of carbonyl (C=O) groups is 2. The smallest absolute Gasteiger partial charge is 0.259 e. The molecule has 1 N–H and O–H groups in total. The molecule has 13 heavy (non-hydrogen) atoms. The predicted molar refractivity (Wildman–Crippen MR) is 44.4 cm³/mol. The summed E-state index contributed by atoms with van der Waals surface area (Å²) < 4.78 is 5.03. The van der Waals surface area contributed by atoms with Crippen LogP contribution in [0.4, 0.5) is 0 Å². The summed E-state index contributed by atoms with van der Waals surface area (Å²) >= 11 is 0. The number of nitrogens with one attached hydrogen (secondary N) is 1. The van der Waals surface area contributed by atoms with Gasteiger partial charge < -0.3 is 10.1 Å². The standard InChI is InChI=1S/C9H7NO3/c11-6-5-10-9(12)8(6)7-3-1-2-4-13-7/h1-4H,5H2,(H,10,12). The Hall–Kier alpha value is -1.84. The van der Waals surface area contributed by atoms with Gasteiger partial charge in [0, 0.05) is 0 Å². The third-order valence-corrected chi connectivity index (χ3v) is 1.79. The Bertz CT molecular complexity index is 345. The minimum absolute atomic E-state index is 0.0680. The molecule has 0 unspecified atom stereocenters. The second kappa shape index (κ2) is 2.90. The quantitative estimate of drug-likeness (QED) is 0.420. The molecule has 2 rings (SSSR count). The van der Waals surface area contributed by atoms with Crippen molar-refractivity contribution in [2.24, 2.45) is 0 Å². The lowest BCUT2D eigenvalue weighted by Crippen LogP contribution is -2.15. The van der Waals surface area contributed by atoms with Crippen LogP contribution in [0.2, 0.25) is 0 Å². The molecule has 2 aliphatic heterocycles. The second-order valence-electron chi connectivity index (χ2n) is 2.65. The Morgan fingerprint density at radius 2 is 2.15 bits per heavy atom. The first-order chi connectivity index (χ1) is 6.29. The Balaban J connectivity index is 2.41. The number of ketones is 1. The summed E-state index contributed by atoms with van der Waals surface area (Å²) in [6.45, 7) is 0.0680. The van der Waals surface area contributed by atoms with E-state index in [1.807, 2.05) is 0 Å². The Morgan fingerprint density at radius 1 is 1.31 bits per heavy atom. The molecule has 0 saturated carbocycles. The van der Waals surface area contributed by atoms with Crippen molar-refractivity contribution in [1.29, 1.82) is 0 Å². The maximum Gasteiger partial charge on any atom is 0.259 e. The van der Waals surface area contributed by atoms with Crippen LogP contribution in [0.15, 0.2) is 35.8 Å². The minimum atomic E-state index is -0.361. The number of allylic oxidation sites excluding steroid dienone is 3. The van der Waals surface area contributed by atoms with E-state index in [1.165, 1.54) is 6.26 Å². The van der Waals surface area contributed by atoms with Crippen molar-refractivity contribution in [1.82, 2.24) is 5.32 Å². The predicted octanol–water partition coefficient (Wildman–Crippen LogP) is 0.0395. The van der Waals surface area contributed by atoms with Crippen molar-refractivity contribution in [3.05, 3.63) is 35.8 Å². The van der Waals surface area contributed by atoms with Crippen LogP contribution in [0.25, 0.3) is 0 Å². The van der Waals surface area contributed by atoms with Gasteiger partial charge in [-0.25, -0.2) is 0 Å². The molecule has 0 radical (unpaired) electrons. The summed E-state index contributed by atoms with van der Waals surface area (Å²) in [5.41, 5.74) is 0.112. The molecule has 0 aliphatic carbocycles. The van der Waals surface area contributed by atoms with Gasteiger partial charge in [0.05, 0.1) is 12.8 Å². The summed E-state index contributed by atoms with van der Waals surface area (Å²) in [7, 11) is 0. The first-order valence-corrected chi connectivity index (χ1v) is 3.84. The van der Waals surface area contributed by atoms with Crippen LogP contribution in [0.1, 0.15) is 0 Å². The third kappa shape index (κ3) is 1.26. The van der Waals surface area contributed by atoms with E-state index in [2.05, 4.69) is 5.32 Å². The number of ether oxygens (including phenoxy) is 1. The van der Waals surface area contributed by atoms with E-state index >= 15 is 0 Å². The highest BCUT2D eigenvalue weighted by molar-refractivity contribution is 6.25. The van der Waals surface area contributed by atoms with Crippen LogP contribution < -0.4 is 5.32 Å². The summed E-state index contributed by atoms with van der Waals surface area (Å²) in [4.78, 5) is 22.4. The fourth-order valence-electron chi connectivity index (χ4n) is 1.20. The van der Waals surface area contributed by atoms with Gasteiger partial charge in [0.25, 0.3) is 5.91 Å². The lowest BCUT2D eigenvalue weighted by molar-refractivity contribution is -0.117. The molecule has 0 spiro atoms. The number of rotatable bonds is 0. The Morgan fingerprint density at radius 3 is 2.69 bits per heavy atom. The normalized spacial score (nSPS) is 26.2. The average Bonchev–Trinajstić information content (AvgIpc) is 2.48. The highest BCUT2D eigenvalue weighted by Crippen LogP contribution is 2.16. The van der Waals surface area contributed by atoms with Crippen molar-refractivity contribution in [3.8, 4) is 0 Å². The van der Waals surface area contributed by atoms with Gasteiger partial charge in [0.1, 0.15) is 11.3 Å². The summed E-state index contributed by atoms with van der Waals surface area (Å²) in [6, 6.07) is 0. The number of hydrogen-bond donors (Lipinski definition) is 1. The molecule has 0 aromatic carbocycles. The molecular formula is C9H7NO3. The maximum absolute atomic E-state index is 11.2. The van der Waals surface area contributed by atoms with Crippen molar-refractivity contribution in [3.63, 3.8) is 0 Å². The molecule has 4 nitrogen and oxygen atoms in total. The van der Waals surface area contributed by atoms with Gasteiger partial charge in [-0.15, -0.1) is 0 Å². The molecule has 0 aromatic rings. The van der Waals surface area contributed by atoms with Crippen LogP contribution in [0.5, 0.6) is 0 Å². The Labute approximate surface area is 74.6 Å². The number of amides is 1. The molecule has 0 aromatic heterocycles. The molecule has 0 bridgehead atoms. The zero-order valence-corrected chi connectivity index (χ0v) is 6.74. The molecule has 2 aliphatic rings. The summed E-state index contributed by atoms with van der Waals surface area (Å²) in [6.07, 6.45) is 6.42. The van der Waals surface area contributed by atoms with Gasteiger partial charge in [0.2, 0.25) is 0 Å². The van der Waals surface area contributed by atoms with Gasteiger partial charge in [-0.05, 0) is 12.2 Å². The fraction of sp³-hybridized carbons (Fsp3) is 0.111. The second-order valence-corrected chi connectivity index (χ2v) is 2.65. The van der Waals surface area contributed by atoms with Crippen LogP contribution >= 0.6 is 0 Å². The SMILES string of the molecule is O=C1CNC(=O)C1=C1C=CC=CO1. The number of Topliss-reactive ketones (excluding diaryl/α,β-unsaturated/α-hetero) is 1. The highest BCUT2D eigenvalue weighted by atomic mass is 16.5. The molecule has 4 heteroatoms. The average molecular weight is 177 g/mol. The molecular weight excluding hydrogens is 170 g/mol. The third-order valence-electron chi connectivity index (χ3n) is 1.79. The zero-order valence-electron chi connectivity index (χ0n) is 6.74. The van der Waals surface area contributed by atoms with E-state index in [-0.39, 0.29) is 23.8 Å². The van der Waals surface area contributed by atoms with Crippen LogP contribution in [0.3, 0.4) is 0 Å². The van der Waals surface area contributed by atoms with Gasteiger partial charge in [-0.2, -0.15) is 0 Å². The van der Waals surface area contributed by atoms with E-state index in [0.717, 1.165) is 0 Å². The van der Waals surface area contributed by atoms with E-state index in [0.29, 0.717) is 5.76 Å². The lowest BCUT2D eigenvalue weighted by Gasteiger charge is -2.05. The van der Waals surface area contributed by atoms with E-state index in [4.69, 9.17) is 4.74 Å². The first kappa shape index (κ1) is 7.79. The summed E-state index contributed by atoms with van der Waals surface area (Å²) in [5.74, 6) is -0.262. The van der Waals surface area contributed by atoms with Crippen molar-refractivity contribution in [2.75, 3.05) is 6.54 Å². The van der Waals surface area contributed by atoms with Crippen molar-refractivity contribution in [2.45, 2.75) is 0 Å². The molecule has 1 saturated heterocycles. The van der Waals surface area contributed by atoms with Crippen molar-refractivity contribution < 1.29 is 14.3 Å². The molecule has 1 fully saturated rings. The molecule has 2 heterocycles. The Kier molecular flexibility index (Phi) is 1.73. The number of hydrogen-bond acceptors (Lipinski definition) is 3. The highest BCUT2D eigenvalue weighted by Gasteiger charge is 2.29. The molecule has 1 amide bonds. The van der Waals surface area contributed by atoms with Gasteiger partial charge in [0.15, 0.2) is 5.78 Å². The minimum Gasteiger partial charge on any atom is -0.464 e.